The largest absolute Gasteiger partial charge is 0.381 e. The Morgan fingerprint density at radius 2 is 2.00 bits per heavy atom. The second-order valence-electron chi connectivity index (χ2n) is 4.64. The fraction of sp³-hybridized carbons (Fsp3) is 1.00. The van der Waals surface area contributed by atoms with Gasteiger partial charge in [0, 0.05) is 45.5 Å². The Bertz CT molecular complexity index is 322. The van der Waals surface area contributed by atoms with E-state index in [0.717, 1.165) is 12.8 Å². The molecule has 1 aliphatic heterocycles. The van der Waals surface area contributed by atoms with Gasteiger partial charge in [0.2, 0.25) is 0 Å². The number of hydrogen-bond acceptors (Lipinski definition) is 5. The molecule has 0 amide bonds. The van der Waals surface area contributed by atoms with Crippen molar-refractivity contribution in [3.05, 3.63) is 0 Å². The van der Waals surface area contributed by atoms with E-state index in [4.69, 9.17) is 9.47 Å². The van der Waals surface area contributed by atoms with Crippen LogP contribution in [-0.4, -0.2) is 59.4 Å². The molecule has 0 aromatic rings. The van der Waals surface area contributed by atoms with Crippen molar-refractivity contribution >= 4 is 9.84 Å². The summed E-state index contributed by atoms with van der Waals surface area (Å²) < 4.78 is 33.5. The van der Waals surface area contributed by atoms with Gasteiger partial charge < -0.3 is 14.8 Å². The first-order valence-corrected chi connectivity index (χ1v) is 7.97. The Labute approximate surface area is 104 Å². The number of ether oxygens (including phenoxy) is 2. The summed E-state index contributed by atoms with van der Waals surface area (Å²) in [5.74, 6) is 0.185. The zero-order valence-corrected chi connectivity index (χ0v) is 11.7. The van der Waals surface area contributed by atoms with Crippen LogP contribution in [0.2, 0.25) is 0 Å². The van der Waals surface area contributed by atoms with E-state index in [1.165, 1.54) is 6.26 Å². The van der Waals surface area contributed by atoms with E-state index in [-0.39, 0.29) is 17.4 Å². The number of likely N-dealkylation sites (N-methyl/N-ethyl adjacent to an activating group) is 1. The van der Waals surface area contributed by atoms with Crippen LogP contribution in [0.1, 0.15) is 19.3 Å². The molecular formula is C11H23NO4S. The lowest BCUT2D eigenvalue weighted by molar-refractivity contribution is -0.109. The highest BCUT2D eigenvalue weighted by Crippen LogP contribution is 2.29. The summed E-state index contributed by atoms with van der Waals surface area (Å²) in [5, 5.41) is 3.19. The highest BCUT2D eigenvalue weighted by Gasteiger charge is 2.39. The van der Waals surface area contributed by atoms with E-state index in [1.54, 1.807) is 7.11 Å². The van der Waals surface area contributed by atoms with E-state index < -0.39 is 9.84 Å². The minimum absolute atomic E-state index is 0.0473. The van der Waals surface area contributed by atoms with Crippen molar-refractivity contribution in [1.82, 2.24) is 5.32 Å². The van der Waals surface area contributed by atoms with Crippen molar-refractivity contribution in [3.8, 4) is 0 Å². The minimum Gasteiger partial charge on any atom is -0.381 e. The van der Waals surface area contributed by atoms with Crippen molar-refractivity contribution in [2.24, 2.45) is 0 Å². The third kappa shape index (κ3) is 4.21. The molecule has 0 aromatic carbocycles. The van der Waals surface area contributed by atoms with Gasteiger partial charge in [-0.25, -0.2) is 8.42 Å². The Morgan fingerprint density at radius 1 is 1.41 bits per heavy atom. The first-order valence-electron chi connectivity index (χ1n) is 5.91. The second kappa shape index (κ2) is 6.13. The smallest absolute Gasteiger partial charge is 0.147 e. The van der Waals surface area contributed by atoms with Crippen molar-refractivity contribution in [3.63, 3.8) is 0 Å². The highest BCUT2D eigenvalue weighted by atomic mass is 32.2. The molecule has 6 heteroatoms. The molecule has 0 spiro atoms. The predicted octanol–water partition coefficient (Wildman–Crippen LogP) is 0.205. The average molecular weight is 265 g/mol. The van der Waals surface area contributed by atoms with E-state index in [1.807, 2.05) is 7.05 Å². The first kappa shape index (κ1) is 14.9. The van der Waals surface area contributed by atoms with E-state index in [2.05, 4.69) is 5.32 Å². The van der Waals surface area contributed by atoms with Crippen LogP contribution in [0.3, 0.4) is 0 Å². The van der Waals surface area contributed by atoms with E-state index in [9.17, 15) is 8.42 Å². The third-order valence-corrected chi connectivity index (χ3v) is 4.48. The molecule has 5 nitrogen and oxygen atoms in total. The average Bonchev–Trinajstić information content (AvgIpc) is 2.29. The minimum atomic E-state index is -2.93. The zero-order valence-electron chi connectivity index (χ0n) is 10.9. The molecule has 0 aromatic heterocycles. The lowest BCUT2D eigenvalue weighted by Gasteiger charge is -2.42. The molecule has 0 bridgehead atoms. The van der Waals surface area contributed by atoms with Crippen LogP contribution in [0.15, 0.2) is 0 Å². The van der Waals surface area contributed by atoms with Gasteiger partial charge in [-0.3, -0.25) is 0 Å². The van der Waals surface area contributed by atoms with Crippen molar-refractivity contribution in [2.75, 3.05) is 39.4 Å². The van der Waals surface area contributed by atoms with Gasteiger partial charge >= 0.3 is 0 Å². The summed E-state index contributed by atoms with van der Waals surface area (Å²) in [6, 6.07) is 0.0473. The molecular weight excluding hydrogens is 242 g/mol. The Balaban J connectivity index is 2.68. The summed E-state index contributed by atoms with van der Waals surface area (Å²) >= 11 is 0. The van der Waals surface area contributed by atoms with Crippen LogP contribution in [0, 0.1) is 0 Å². The van der Waals surface area contributed by atoms with Crippen molar-refractivity contribution < 1.29 is 17.9 Å². The van der Waals surface area contributed by atoms with Crippen LogP contribution in [0.5, 0.6) is 0 Å². The molecule has 1 heterocycles. The second-order valence-corrected chi connectivity index (χ2v) is 6.90. The molecule has 102 valence electrons. The number of nitrogens with one attached hydrogen (secondary N) is 1. The van der Waals surface area contributed by atoms with Crippen LogP contribution in [-0.2, 0) is 19.3 Å². The molecule has 1 aliphatic rings. The predicted molar refractivity (Wildman–Crippen MR) is 67.0 cm³/mol. The summed E-state index contributed by atoms with van der Waals surface area (Å²) in [7, 11) is 0.611. The van der Waals surface area contributed by atoms with Gasteiger partial charge in [0.15, 0.2) is 0 Å². The fourth-order valence-corrected chi connectivity index (χ4v) is 3.08. The lowest BCUT2D eigenvalue weighted by Crippen LogP contribution is -2.54. The molecule has 0 aliphatic carbocycles. The quantitative estimate of drug-likeness (QED) is 0.743. The van der Waals surface area contributed by atoms with Crippen LogP contribution < -0.4 is 5.32 Å². The van der Waals surface area contributed by atoms with Gasteiger partial charge in [0.25, 0.3) is 0 Å². The van der Waals surface area contributed by atoms with Gasteiger partial charge in [0.05, 0.1) is 11.4 Å². The molecule has 17 heavy (non-hydrogen) atoms. The van der Waals surface area contributed by atoms with E-state index >= 15 is 0 Å². The van der Waals surface area contributed by atoms with Crippen LogP contribution >= 0.6 is 0 Å². The summed E-state index contributed by atoms with van der Waals surface area (Å²) in [6.07, 6.45) is 3.45. The van der Waals surface area contributed by atoms with Crippen LogP contribution in [0.4, 0.5) is 0 Å². The Kier molecular flexibility index (Phi) is 5.37. The van der Waals surface area contributed by atoms with Crippen molar-refractivity contribution in [2.45, 2.75) is 30.9 Å². The number of sulfone groups is 1. The van der Waals surface area contributed by atoms with E-state index in [0.29, 0.717) is 19.6 Å². The fourth-order valence-electron chi connectivity index (χ4n) is 2.41. The number of methoxy groups -OCH3 is 1. The Morgan fingerprint density at radius 3 is 2.41 bits per heavy atom. The Hall–Kier alpha value is -0.170. The maximum Gasteiger partial charge on any atom is 0.147 e. The molecule has 1 N–H and O–H groups in total. The maximum absolute atomic E-state index is 11.2. The molecule has 0 saturated carbocycles. The number of rotatable bonds is 6. The molecule has 1 fully saturated rings. The van der Waals surface area contributed by atoms with Gasteiger partial charge in [-0.15, -0.1) is 0 Å². The summed E-state index contributed by atoms with van der Waals surface area (Å²) in [4.78, 5) is 0. The van der Waals surface area contributed by atoms with Crippen LogP contribution in [0.25, 0.3) is 0 Å². The molecule has 1 rings (SSSR count). The summed E-state index contributed by atoms with van der Waals surface area (Å²) in [6.45, 7) is 1.34. The monoisotopic (exact) mass is 265 g/mol. The molecule has 1 unspecified atom stereocenters. The topological polar surface area (TPSA) is 64.6 Å². The SMILES string of the molecule is CNC(CCS(C)(=O)=O)C1(OC)CCOCC1. The molecule has 1 saturated heterocycles. The highest BCUT2D eigenvalue weighted by molar-refractivity contribution is 7.90. The zero-order chi connectivity index (χ0) is 12.9. The van der Waals surface area contributed by atoms with Gasteiger partial charge in [-0.05, 0) is 13.5 Å². The van der Waals surface area contributed by atoms with Gasteiger partial charge in [-0.2, -0.15) is 0 Å². The number of hydrogen-bond donors (Lipinski definition) is 1. The van der Waals surface area contributed by atoms with Gasteiger partial charge in [0.1, 0.15) is 9.84 Å². The molecule has 1 atom stereocenters. The molecule has 0 radical (unpaired) electrons. The summed E-state index contributed by atoms with van der Waals surface area (Å²) in [5.41, 5.74) is -0.294. The first-order chi connectivity index (χ1) is 7.93. The van der Waals surface area contributed by atoms with Gasteiger partial charge in [-0.1, -0.05) is 0 Å². The lowest BCUT2D eigenvalue weighted by atomic mass is 9.84. The van der Waals surface area contributed by atoms with Crippen molar-refractivity contribution in [1.29, 1.82) is 0 Å². The normalized spacial score (nSPS) is 22.3. The maximum atomic E-state index is 11.2. The third-order valence-electron chi connectivity index (χ3n) is 3.51. The standard InChI is InChI=1S/C11H23NO4S/c1-12-10(4-9-17(3,13)14)11(15-2)5-7-16-8-6-11/h10,12H,4-9H2,1-3H3.